The quantitative estimate of drug-likeness (QED) is 0.491. The van der Waals surface area contributed by atoms with Gasteiger partial charge in [-0.25, -0.2) is 0 Å². The molecular weight excluding hydrogens is 246 g/mol. The van der Waals surface area contributed by atoms with Gasteiger partial charge in [0, 0.05) is 0 Å². The lowest BCUT2D eigenvalue weighted by atomic mass is 9.95. The third-order valence-corrected chi connectivity index (χ3v) is 4.35. The minimum atomic E-state index is -0.522. The van der Waals surface area contributed by atoms with Gasteiger partial charge < -0.3 is 10.1 Å². The zero-order chi connectivity index (χ0) is 14.0. The second kappa shape index (κ2) is 9.68. The van der Waals surface area contributed by atoms with Crippen LogP contribution in [-0.2, 0) is 9.53 Å². The van der Waals surface area contributed by atoms with E-state index in [2.05, 4.69) is 19.2 Å². The molecular formula is C14H29NO2S. The maximum atomic E-state index is 11.7. The van der Waals surface area contributed by atoms with Gasteiger partial charge in [0.25, 0.3) is 0 Å². The Morgan fingerprint density at radius 2 is 2.06 bits per heavy atom. The molecule has 0 aliphatic heterocycles. The van der Waals surface area contributed by atoms with Crippen molar-refractivity contribution in [2.24, 2.45) is 5.92 Å². The van der Waals surface area contributed by atoms with Gasteiger partial charge in [0.05, 0.1) is 7.11 Å². The fraction of sp³-hybridized carbons (Fsp3) is 0.929. The first-order valence-corrected chi connectivity index (χ1v) is 8.03. The third-order valence-electron chi connectivity index (χ3n) is 2.87. The molecule has 0 radical (unpaired) electrons. The molecule has 3 nitrogen and oxygen atoms in total. The third kappa shape index (κ3) is 7.27. The van der Waals surface area contributed by atoms with Gasteiger partial charge in [-0.1, -0.05) is 27.2 Å². The zero-order valence-electron chi connectivity index (χ0n) is 12.5. The molecule has 108 valence electrons. The number of likely N-dealkylation sites (N-methyl/N-ethyl adjacent to an activating group) is 1. The summed E-state index contributed by atoms with van der Waals surface area (Å²) in [6, 6.07) is 0. The maximum Gasteiger partial charge on any atom is 0.325 e. The Bertz CT molecular complexity index is 234. The molecule has 0 aliphatic carbocycles. The van der Waals surface area contributed by atoms with E-state index >= 15 is 0 Å². The second-order valence-corrected chi connectivity index (χ2v) is 6.43. The highest BCUT2D eigenvalue weighted by molar-refractivity contribution is 7.99. The normalized spacial score (nSPS) is 14.6. The summed E-state index contributed by atoms with van der Waals surface area (Å²) in [5.74, 6) is 3.01. The van der Waals surface area contributed by atoms with Crippen molar-refractivity contribution in [3.05, 3.63) is 0 Å². The van der Waals surface area contributed by atoms with Gasteiger partial charge in [-0.3, -0.25) is 4.79 Å². The van der Waals surface area contributed by atoms with E-state index < -0.39 is 5.54 Å². The van der Waals surface area contributed by atoms with Gasteiger partial charge in [0.2, 0.25) is 0 Å². The van der Waals surface area contributed by atoms with E-state index in [1.807, 2.05) is 25.6 Å². The van der Waals surface area contributed by atoms with E-state index in [4.69, 9.17) is 4.74 Å². The number of nitrogens with one attached hydrogen (secondary N) is 1. The number of ether oxygens (including phenoxy) is 1. The van der Waals surface area contributed by atoms with Crippen LogP contribution in [0.4, 0.5) is 0 Å². The molecule has 0 bridgehead atoms. The Morgan fingerprint density at radius 3 is 2.56 bits per heavy atom. The Kier molecular flexibility index (Phi) is 9.56. The topological polar surface area (TPSA) is 38.3 Å². The van der Waals surface area contributed by atoms with E-state index in [0.29, 0.717) is 0 Å². The van der Waals surface area contributed by atoms with Crippen molar-refractivity contribution in [2.45, 2.75) is 52.5 Å². The summed E-state index contributed by atoms with van der Waals surface area (Å²) in [5.41, 5.74) is -0.522. The smallest absolute Gasteiger partial charge is 0.325 e. The molecule has 0 fully saturated rings. The molecule has 0 spiro atoms. The number of unbranched alkanes of at least 4 members (excludes halogenated alkanes) is 1. The molecule has 4 heteroatoms. The first-order chi connectivity index (χ1) is 8.46. The lowest BCUT2D eigenvalue weighted by Crippen LogP contribution is -2.50. The highest BCUT2D eigenvalue weighted by Gasteiger charge is 2.32. The SMILES string of the molecule is CCNC(C)(CCCCSCC(C)C)C(=O)OC. The van der Waals surface area contributed by atoms with Gasteiger partial charge in [-0.05, 0) is 43.7 Å². The van der Waals surface area contributed by atoms with Crippen LogP contribution in [0.15, 0.2) is 0 Å². The van der Waals surface area contributed by atoms with Crippen molar-refractivity contribution in [1.82, 2.24) is 5.32 Å². The molecule has 1 atom stereocenters. The first-order valence-electron chi connectivity index (χ1n) is 6.87. The standard InChI is InChI=1S/C14H29NO2S/c1-6-15-14(4,13(16)17-5)9-7-8-10-18-11-12(2)3/h12,15H,6-11H2,1-5H3. The van der Waals surface area contributed by atoms with Gasteiger partial charge in [-0.15, -0.1) is 0 Å². The Morgan fingerprint density at radius 1 is 1.39 bits per heavy atom. The molecule has 0 aromatic heterocycles. The van der Waals surface area contributed by atoms with E-state index in [-0.39, 0.29) is 5.97 Å². The van der Waals surface area contributed by atoms with Crippen molar-refractivity contribution < 1.29 is 9.53 Å². The molecule has 0 saturated heterocycles. The van der Waals surface area contributed by atoms with Crippen molar-refractivity contribution in [3.63, 3.8) is 0 Å². The van der Waals surface area contributed by atoms with E-state index in [1.165, 1.54) is 18.6 Å². The van der Waals surface area contributed by atoms with Crippen LogP contribution in [0.5, 0.6) is 0 Å². The van der Waals surface area contributed by atoms with Crippen molar-refractivity contribution in [1.29, 1.82) is 0 Å². The van der Waals surface area contributed by atoms with E-state index in [9.17, 15) is 4.79 Å². The number of carbonyl (C=O) groups excluding carboxylic acids is 1. The lowest BCUT2D eigenvalue weighted by molar-refractivity contribution is -0.148. The van der Waals surface area contributed by atoms with Crippen molar-refractivity contribution in [3.8, 4) is 0 Å². The largest absolute Gasteiger partial charge is 0.468 e. The van der Waals surface area contributed by atoms with Crippen LogP contribution < -0.4 is 5.32 Å². The summed E-state index contributed by atoms with van der Waals surface area (Å²) in [5, 5.41) is 3.24. The Hall–Kier alpha value is -0.220. The Labute approximate surface area is 116 Å². The first kappa shape index (κ1) is 17.8. The molecule has 0 aliphatic rings. The monoisotopic (exact) mass is 275 g/mol. The van der Waals surface area contributed by atoms with Gasteiger partial charge in [0.15, 0.2) is 0 Å². The predicted octanol–water partition coefficient (Wildman–Crippen LogP) is 3.09. The average molecular weight is 275 g/mol. The molecule has 1 unspecified atom stereocenters. The van der Waals surface area contributed by atoms with Crippen LogP contribution in [0.25, 0.3) is 0 Å². The highest BCUT2D eigenvalue weighted by Crippen LogP contribution is 2.18. The zero-order valence-corrected chi connectivity index (χ0v) is 13.4. The number of hydrogen-bond acceptors (Lipinski definition) is 4. The Balaban J connectivity index is 3.87. The van der Waals surface area contributed by atoms with Crippen LogP contribution in [0.1, 0.15) is 47.0 Å². The fourth-order valence-electron chi connectivity index (χ4n) is 1.88. The fourth-order valence-corrected chi connectivity index (χ4v) is 2.93. The van der Waals surface area contributed by atoms with Crippen molar-refractivity contribution in [2.75, 3.05) is 25.2 Å². The lowest BCUT2D eigenvalue weighted by Gasteiger charge is -2.27. The second-order valence-electron chi connectivity index (χ2n) is 5.28. The highest BCUT2D eigenvalue weighted by atomic mass is 32.2. The number of hydrogen-bond donors (Lipinski definition) is 1. The maximum absolute atomic E-state index is 11.7. The number of methoxy groups -OCH3 is 1. The molecule has 0 rings (SSSR count). The molecule has 0 saturated carbocycles. The summed E-state index contributed by atoms with van der Waals surface area (Å²) in [6.07, 6.45) is 3.06. The molecule has 1 N–H and O–H groups in total. The van der Waals surface area contributed by atoms with Crippen LogP contribution in [0, 0.1) is 5.92 Å². The minimum absolute atomic E-state index is 0.154. The summed E-state index contributed by atoms with van der Waals surface area (Å²) in [4.78, 5) is 11.7. The predicted molar refractivity (Wildman–Crippen MR) is 80.1 cm³/mol. The summed E-state index contributed by atoms with van der Waals surface area (Å²) < 4.78 is 4.87. The van der Waals surface area contributed by atoms with Crippen molar-refractivity contribution >= 4 is 17.7 Å². The molecule has 0 aromatic carbocycles. The van der Waals surface area contributed by atoms with Crippen LogP contribution >= 0.6 is 11.8 Å². The summed E-state index contributed by atoms with van der Waals surface area (Å²) in [7, 11) is 1.45. The minimum Gasteiger partial charge on any atom is -0.468 e. The van der Waals surface area contributed by atoms with Gasteiger partial charge in [-0.2, -0.15) is 11.8 Å². The summed E-state index contributed by atoms with van der Waals surface area (Å²) in [6.45, 7) is 9.22. The number of esters is 1. The molecule has 18 heavy (non-hydrogen) atoms. The number of thioether (sulfide) groups is 1. The van der Waals surface area contributed by atoms with E-state index in [0.717, 1.165) is 31.7 Å². The molecule has 0 amide bonds. The van der Waals surface area contributed by atoms with Gasteiger partial charge >= 0.3 is 5.97 Å². The van der Waals surface area contributed by atoms with Crippen LogP contribution in [0.3, 0.4) is 0 Å². The molecule has 0 aromatic rings. The molecule has 0 heterocycles. The van der Waals surface area contributed by atoms with E-state index in [1.54, 1.807) is 0 Å². The number of rotatable bonds is 10. The van der Waals surface area contributed by atoms with Crippen LogP contribution in [-0.4, -0.2) is 36.7 Å². The number of carbonyl (C=O) groups is 1. The van der Waals surface area contributed by atoms with Crippen LogP contribution in [0.2, 0.25) is 0 Å². The average Bonchev–Trinajstić information content (AvgIpc) is 2.32. The van der Waals surface area contributed by atoms with Gasteiger partial charge in [0.1, 0.15) is 5.54 Å². The summed E-state index contributed by atoms with van der Waals surface area (Å²) >= 11 is 2.00.